The molecule has 6 atom stereocenters. The zero-order chi connectivity index (χ0) is 26.8. The van der Waals surface area contributed by atoms with Crippen molar-refractivity contribution in [3.05, 3.63) is 34.9 Å². The first kappa shape index (κ1) is 29.6. The molecule has 36 heavy (non-hydrogen) atoms. The van der Waals surface area contributed by atoms with Gasteiger partial charge in [0.1, 0.15) is 24.2 Å². The van der Waals surface area contributed by atoms with Gasteiger partial charge in [0.25, 0.3) is 0 Å². The van der Waals surface area contributed by atoms with Crippen LogP contribution in [-0.2, 0) is 30.3 Å². The zero-order valence-electron chi connectivity index (χ0n) is 21.9. The van der Waals surface area contributed by atoms with E-state index in [2.05, 4.69) is 22.9 Å². The Kier molecular flexibility index (Phi) is 11.7. The normalized spacial score (nSPS) is 25.7. The molecule has 1 fully saturated rings. The summed E-state index contributed by atoms with van der Waals surface area (Å²) < 4.78 is 5.87. The highest BCUT2D eigenvalue weighted by Gasteiger charge is 2.35. The zero-order valence-corrected chi connectivity index (χ0v) is 22.7. The fourth-order valence-corrected chi connectivity index (χ4v) is 4.25. The summed E-state index contributed by atoms with van der Waals surface area (Å²) in [5.74, 6) is -2.18. The van der Waals surface area contributed by atoms with E-state index in [-0.39, 0.29) is 24.7 Å². The molecule has 1 aromatic rings. The molecule has 1 heterocycles. The SMILES string of the molecule is CCCC[C@H](C)[C@@H]1CC(=O)N[C@@H](Cc2ccc(Cl)cc2)C(=O)N[C@@H](C)C(=O)N[C@H]([C@@H](C)CC)C(=O)O1. The first-order chi connectivity index (χ1) is 17.0. The number of hydrogen-bond acceptors (Lipinski definition) is 5. The highest BCUT2D eigenvalue weighted by atomic mass is 35.5. The van der Waals surface area contributed by atoms with Crippen LogP contribution >= 0.6 is 11.6 Å². The molecule has 0 radical (unpaired) electrons. The summed E-state index contributed by atoms with van der Waals surface area (Å²) in [4.78, 5) is 52.4. The number of unbranched alkanes of at least 4 members (excludes halogenated alkanes) is 1. The van der Waals surface area contributed by atoms with Gasteiger partial charge in [-0.1, -0.05) is 70.7 Å². The van der Waals surface area contributed by atoms with Gasteiger partial charge in [-0.15, -0.1) is 0 Å². The van der Waals surface area contributed by atoms with Crippen LogP contribution in [0.5, 0.6) is 0 Å². The van der Waals surface area contributed by atoms with E-state index in [1.807, 2.05) is 20.8 Å². The number of halogens is 1. The van der Waals surface area contributed by atoms with Gasteiger partial charge < -0.3 is 20.7 Å². The highest BCUT2D eigenvalue weighted by molar-refractivity contribution is 6.30. The molecular formula is C27H40ClN3O5. The van der Waals surface area contributed by atoms with Crippen molar-refractivity contribution in [2.75, 3.05) is 0 Å². The van der Waals surface area contributed by atoms with E-state index in [0.29, 0.717) is 11.4 Å². The minimum atomic E-state index is -0.915. The van der Waals surface area contributed by atoms with Gasteiger partial charge >= 0.3 is 5.97 Å². The molecule has 0 saturated carbocycles. The monoisotopic (exact) mass is 521 g/mol. The molecule has 200 valence electrons. The number of hydrogen-bond donors (Lipinski definition) is 3. The third-order valence-corrected chi connectivity index (χ3v) is 7.08. The van der Waals surface area contributed by atoms with Gasteiger partial charge in [0.2, 0.25) is 17.7 Å². The van der Waals surface area contributed by atoms with E-state index < -0.39 is 47.9 Å². The van der Waals surface area contributed by atoms with E-state index in [0.717, 1.165) is 24.8 Å². The van der Waals surface area contributed by atoms with Crippen molar-refractivity contribution in [1.82, 2.24) is 16.0 Å². The first-order valence-electron chi connectivity index (χ1n) is 12.9. The molecule has 0 spiro atoms. The van der Waals surface area contributed by atoms with Gasteiger partial charge in [-0.25, -0.2) is 4.79 Å². The van der Waals surface area contributed by atoms with E-state index >= 15 is 0 Å². The molecule has 0 bridgehead atoms. The molecule has 1 aliphatic heterocycles. The Hall–Kier alpha value is -2.61. The van der Waals surface area contributed by atoms with Crippen LogP contribution in [0.3, 0.4) is 0 Å². The lowest BCUT2D eigenvalue weighted by atomic mass is 9.94. The number of cyclic esters (lactones) is 1. The third-order valence-electron chi connectivity index (χ3n) is 6.82. The Morgan fingerprint density at radius 3 is 2.25 bits per heavy atom. The summed E-state index contributed by atoms with van der Waals surface area (Å²) in [6, 6.07) is 4.29. The summed E-state index contributed by atoms with van der Waals surface area (Å²) in [5.41, 5.74) is 0.803. The van der Waals surface area contributed by atoms with E-state index in [9.17, 15) is 19.2 Å². The molecule has 2 rings (SSSR count). The predicted molar refractivity (Wildman–Crippen MR) is 139 cm³/mol. The number of benzene rings is 1. The molecule has 0 unspecified atom stereocenters. The van der Waals surface area contributed by atoms with Crippen molar-refractivity contribution in [1.29, 1.82) is 0 Å². The lowest BCUT2D eigenvalue weighted by Gasteiger charge is -2.29. The summed E-state index contributed by atoms with van der Waals surface area (Å²) in [7, 11) is 0. The maximum absolute atomic E-state index is 13.2. The molecular weight excluding hydrogens is 482 g/mol. The summed E-state index contributed by atoms with van der Waals surface area (Å²) >= 11 is 5.98. The number of amides is 3. The smallest absolute Gasteiger partial charge is 0.329 e. The van der Waals surface area contributed by atoms with Crippen molar-refractivity contribution >= 4 is 35.3 Å². The van der Waals surface area contributed by atoms with Crippen LogP contribution in [0.1, 0.15) is 72.3 Å². The van der Waals surface area contributed by atoms with Crippen molar-refractivity contribution in [3.8, 4) is 0 Å². The molecule has 1 aliphatic rings. The van der Waals surface area contributed by atoms with Crippen molar-refractivity contribution in [3.63, 3.8) is 0 Å². The van der Waals surface area contributed by atoms with E-state index in [1.165, 1.54) is 0 Å². The van der Waals surface area contributed by atoms with Gasteiger partial charge in [0, 0.05) is 11.4 Å². The van der Waals surface area contributed by atoms with Gasteiger partial charge in [0.15, 0.2) is 0 Å². The number of esters is 1. The lowest BCUT2D eigenvalue weighted by Crippen LogP contribution is -2.55. The number of carbonyl (C=O) groups excluding carboxylic acids is 4. The predicted octanol–water partition coefficient (Wildman–Crippen LogP) is 3.54. The average Bonchev–Trinajstić information content (AvgIpc) is 2.85. The molecule has 0 aromatic heterocycles. The standard InChI is InChI=1S/C27H40ClN3O5/c1-6-8-9-17(4)22-15-23(32)30-21(14-19-10-12-20(28)13-11-19)26(34)29-18(5)25(33)31-24(16(3)7-2)27(35)36-22/h10-13,16-18,21-22,24H,6-9,14-15H2,1-5H3,(H,29,34)(H,30,32)(H,31,33)/t16-,17-,18-,21-,22-,24+/m0/s1. The van der Waals surface area contributed by atoms with Crippen LogP contribution in [0.15, 0.2) is 24.3 Å². The molecule has 1 saturated heterocycles. The Morgan fingerprint density at radius 2 is 1.64 bits per heavy atom. The Labute approximate surface area is 219 Å². The van der Waals surface area contributed by atoms with Gasteiger partial charge in [-0.3, -0.25) is 14.4 Å². The van der Waals surface area contributed by atoms with Crippen LogP contribution in [0, 0.1) is 11.8 Å². The Balaban J connectivity index is 2.38. The molecule has 9 heteroatoms. The van der Waals surface area contributed by atoms with Crippen molar-refractivity contribution < 1.29 is 23.9 Å². The van der Waals surface area contributed by atoms with Crippen LogP contribution in [0.4, 0.5) is 0 Å². The molecule has 1 aromatic carbocycles. The highest BCUT2D eigenvalue weighted by Crippen LogP contribution is 2.21. The summed E-state index contributed by atoms with van der Waals surface area (Å²) in [6.45, 7) is 9.36. The van der Waals surface area contributed by atoms with E-state index in [4.69, 9.17) is 16.3 Å². The van der Waals surface area contributed by atoms with Crippen molar-refractivity contribution in [2.45, 2.75) is 97.4 Å². The number of ether oxygens (including phenoxy) is 1. The second-order valence-corrected chi connectivity index (χ2v) is 10.3. The van der Waals surface area contributed by atoms with E-state index in [1.54, 1.807) is 31.2 Å². The Morgan fingerprint density at radius 1 is 0.972 bits per heavy atom. The van der Waals surface area contributed by atoms with Crippen molar-refractivity contribution in [2.24, 2.45) is 11.8 Å². The number of rotatable bonds is 8. The molecule has 8 nitrogen and oxygen atoms in total. The minimum Gasteiger partial charge on any atom is -0.460 e. The van der Waals surface area contributed by atoms with Crippen LogP contribution < -0.4 is 16.0 Å². The quantitative estimate of drug-likeness (QED) is 0.453. The maximum atomic E-state index is 13.2. The number of nitrogens with one attached hydrogen (secondary N) is 3. The fraction of sp³-hybridized carbons (Fsp3) is 0.630. The largest absolute Gasteiger partial charge is 0.460 e. The lowest BCUT2D eigenvalue weighted by molar-refractivity contribution is -0.158. The second-order valence-electron chi connectivity index (χ2n) is 9.85. The topological polar surface area (TPSA) is 114 Å². The van der Waals surface area contributed by atoms with Crippen LogP contribution in [0.2, 0.25) is 5.02 Å². The van der Waals surface area contributed by atoms with Crippen LogP contribution in [-0.4, -0.2) is 47.9 Å². The van der Waals surface area contributed by atoms with Gasteiger partial charge in [-0.2, -0.15) is 0 Å². The molecule has 3 amide bonds. The third kappa shape index (κ3) is 8.80. The molecule has 0 aliphatic carbocycles. The summed E-state index contributed by atoms with van der Waals surface area (Å²) in [6.07, 6.45) is 2.80. The maximum Gasteiger partial charge on any atom is 0.329 e. The minimum absolute atomic E-state index is 0.0690. The fourth-order valence-electron chi connectivity index (χ4n) is 4.12. The Bertz CT molecular complexity index is 907. The summed E-state index contributed by atoms with van der Waals surface area (Å²) in [5, 5.41) is 8.80. The first-order valence-corrected chi connectivity index (χ1v) is 13.3. The van der Waals surface area contributed by atoms with Crippen LogP contribution in [0.25, 0.3) is 0 Å². The molecule has 3 N–H and O–H groups in total. The van der Waals surface area contributed by atoms with Gasteiger partial charge in [0.05, 0.1) is 6.42 Å². The number of carbonyl (C=O) groups is 4. The second kappa shape index (κ2) is 14.2. The average molecular weight is 522 g/mol. The van der Waals surface area contributed by atoms with Gasteiger partial charge in [-0.05, 0) is 42.9 Å².